The lowest BCUT2D eigenvalue weighted by Gasteiger charge is -2.16. The number of hydrogen-bond donors (Lipinski definition) is 2. The van der Waals surface area contributed by atoms with E-state index in [1.165, 1.54) is 4.68 Å². The summed E-state index contributed by atoms with van der Waals surface area (Å²) in [6, 6.07) is -0.631. The summed E-state index contributed by atoms with van der Waals surface area (Å²) in [6.45, 7) is 9.31. The third-order valence-electron chi connectivity index (χ3n) is 2.82. The number of anilines is 1. The van der Waals surface area contributed by atoms with Crippen molar-refractivity contribution in [1.29, 1.82) is 0 Å². The van der Waals surface area contributed by atoms with Crippen molar-refractivity contribution >= 4 is 17.4 Å². The van der Waals surface area contributed by atoms with Gasteiger partial charge < -0.3 is 10.6 Å². The summed E-state index contributed by atoms with van der Waals surface area (Å²) < 4.78 is 1.53. The number of amides is 1. The zero-order valence-corrected chi connectivity index (χ0v) is 12.4. The van der Waals surface area contributed by atoms with Crippen LogP contribution in [0.15, 0.2) is 0 Å². The topological polar surface area (TPSA) is 102 Å². The summed E-state index contributed by atoms with van der Waals surface area (Å²) in [6.07, 6.45) is 0. The van der Waals surface area contributed by atoms with Gasteiger partial charge in [-0.05, 0) is 34.6 Å². The molecule has 8 heteroatoms. The Morgan fingerprint density at radius 3 is 2.50 bits per heavy atom. The van der Waals surface area contributed by atoms with Crippen LogP contribution in [0.4, 0.5) is 11.5 Å². The molecule has 0 saturated carbocycles. The van der Waals surface area contributed by atoms with Crippen LogP contribution < -0.4 is 10.6 Å². The predicted octanol–water partition coefficient (Wildman–Crippen LogP) is 1.62. The molecule has 0 bridgehead atoms. The number of nitrogens with zero attached hydrogens (tertiary/aromatic N) is 3. The number of nitrogens with one attached hydrogen (secondary N) is 2. The smallest absolute Gasteiger partial charge is 0.333 e. The highest BCUT2D eigenvalue weighted by atomic mass is 16.6. The van der Waals surface area contributed by atoms with Gasteiger partial charge in [-0.3, -0.25) is 14.9 Å². The monoisotopic (exact) mass is 283 g/mol. The van der Waals surface area contributed by atoms with Crippen molar-refractivity contribution in [3.8, 4) is 0 Å². The van der Waals surface area contributed by atoms with E-state index in [0.29, 0.717) is 12.2 Å². The molecule has 1 rings (SSSR count). The number of carbonyl (C=O) groups excluding carboxylic acids is 1. The van der Waals surface area contributed by atoms with E-state index in [2.05, 4.69) is 15.7 Å². The van der Waals surface area contributed by atoms with E-state index in [4.69, 9.17) is 0 Å². The Kier molecular flexibility index (Phi) is 5.06. The van der Waals surface area contributed by atoms with Crippen molar-refractivity contribution in [3.05, 3.63) is 15.8 Å². The Morgan fingerprint density at radius 2 is 2.05 bits per heavy atom. The molecule has 0 aliphatic rings. The molecule has 0 saturated heterocycles. The van der Waals surface area contributed by atoms with E-state index >= 15 is 0 Å². The molecule has 8 nitrogen and oxygen atoms in total. The maximum atomic E-state index is 11.7. The van der Waals surface area contributed by atoms with Gasteiger partial charge in [-0.25, -0.2) is 4.68 Å². The molecule has 20 heavy (non-hydrogen) atoms. The zero-order chi connectivity index (χ0) is 15.4. The van der Waals surface area contributed by atoms with Crippen LogP contribution in [0.5, 0.6) is 0 Å². The van der Waals surface area contributed by atoms with Gasteiger partial charge in [0.1, 0.15) is 11.7 Å². The second-order valence-corrected chi connectivity index (χ2v) is 4.84. The first-order chi connectivity index (χ1) is 9.29. The molecule has 0 radical (unpaired) electrons. The molecule has 1 aromatic heterocycles. The van der Waals surface area contributed by atoms with Gasteiger partial charge in [0.2, 0.25) is 11.7 Å². The predicted molar refractivity (Wildman–Crippen MR) is 75.8 cm³/mol. The Labute approximate surface area is 117 Å². The average molecular weight is 283 g/mol. The molecule has 0 spiro atoms. The number of aryl methyl sites for hydroxylation is 1. The molecule has 2 N–H and O–H groups in total. The maximum absolute atomic E-state index is 11.7. The second-order valence-electron chi connectivity index (χ2n) is 4.84. The van der Waals surface area contributed by atoms with Gasteiger partial charge in [-0.1, -0.05) is 0 Å². The van der Waals surface area contributed by atoms with E-state index in [-0.39, 0.29) is 23.5 Å². The van der Waals surface area contributed by atoms with Gasteiger partial charge >= 0.3 is 5.69 Å². The van der Waals surface area contributed by atoms with E-state index in [0.717, 1.165) is 0 Å². The van der Waals surface area contributed by atoms with Crippen molar-refractivity contribution in [1.82, 2.24) is 15.1 Å². The first-order valence-electron chi connectivity index (χ1n) is 6.57. The lowest BCUT2D eigenvalue weighted by Crippen LogP contribution is -2.38. The van der Waals surface area contributed by atoms with Gasteiger partial charge in [0, 0.05) is 12.6 Å². The molecule has 0 aliphatic carbocycles. The van der Waals surface area contributed by atoms with Gasteiger partial charge in [-0.2, -0.15) is 5.10 Å². The SMILES string of the molecule is CCNC(=O)C(C)Nc1c([N+](=O)[O-])c(C)nn1C(C)C. The minimum Gasteiger partial charge on any atom is -0.355 e. The molecule has 0 aromatic carbocycles. The number of likely N-dealkylation sites (N-methyl/N-ethyl adjacent to an activating group) is 1. The summed E-state index contributed by atoms with van der Waals surface area (Å²) in [5, 5.41) is 20.9. The van der Waals surface area contributed by atoms with E-state index in [9.17, 15) is 14.9 Å². The van der Waals surface area contributed by atoms with Gasteiger partial charge in [0.25, 0.3) is 0 Å². The molecule has 112 valence electrons. The van der Waals surface area contributed by atoms with Crippen molar-refractivity contribution < 1.29 is 9.72 Å². The third kappa shape index (κ3) is 3.25. The van der Waals surface area contributed by atoms with Crippen LogP contribution >= 0.6 is 0 Å². The Bertz CT molecular complexity index is 509. The summed E-state index contributed by atoms with van der Waals surface area (Å²) in [7, 11) is 0. The maximum Gasteiger partial charge on any atom is 0.333 e. The largest absolute Gasteiger partial charge is 0.355 e. The molecule has 0 aliphatic heterocycles. The molecule has 1 unspecified atom stereocenters. The first-order valence-corrected chi connectivity index (χ1v) is 6.57. The highest BCUT2D eigenvalue weighted by molar-refractivity contribution is 5.84. The molecular weight excluding hydrogens is 262 g/mol. The molecule has 1 atom stereocenters. The standard InChI is InChI=1S/C12H21N5O3/c1-6-13-12(18)9(5)14-11-10(17(19)20)8(4)15-16(11)7(2)3/h7,9,14H,6H2,1-5H3,(H,13,18). The number of nitro groups is 1. The highest BCUT2D eigenvalue weighted by Crippen LogP contribution is 2.30. The fourth-order valence-electron chi connectivity index (χ4n) is 1.86. The molecule has 0 fully saturated rings. The summed E-state index contributed by atoms with van der Waals surface area (Å²) >= 11 is 0. The van der Waals surface area contributed by atoms with E-state index < -0.39 is 11.0 Å². The van der Waals surface area contributed by atoms with Crippen LogP contribution in [-0.2, 0) is 4.79 Å². The normalized spacial score (nSPS) is 12.3. The molecule has 1 heterocycles. The number of carbonyl (C=O) groups is 1. The van der Waals surface area contributed by atoms with Crippen molar-refractivity contribution in [2.24, 2.45) is 0 Å². The highest BCUT2D eigenvalue weighted by Gasteiger charge is 2.28. The van der Waals surface area contributed by atoms with Crippen molar-refractivity contribution in [2.75, 3.05) is 11.9 Å². The van der Waals surface area contributed by atoms with Crippen molar-refractivity contribution in [3.63, 3.8) is 0 Å². The van der Waals surface area contributed by atoms with Crippen LogP contribution in [0, 0.1) is 17.0 Å². The van der Waals surface area contributed by atoms with Crippen LogP contribution in [-0.4, -0.2) is 33.2 Å². The Hall–Kier alpha value is -2.12. The molecule has 1 aromatic rings. The van der Waals surface area contributed by atoms with Gasteiger partial charge in [0.15, 0.2) is 0 Å². The summed E-state index contributed by atoms with van der Waals surface area (Å²) in [5.74, 6) is 0.0530. The lowest BCUT2D eigenvalue weighted by atomic mass is 10.3. The number of hydrogen-bond acceptors (Lipinski definition) is 5. The Balaban J connectivity index is 3.14. The molecule has 1 amide bonds. The second kappa shape index (κ2) is 6.36. The average Bonchev–Trinajstić information content (AvgIpc) is 2.66. The van der Waals surface area contributed by atoms with Gasteiger partial charge in [-0.15, -0.1) is 0 Å². The van der Waals surface area contributed by atoms with Crippen LogP contribution in [0.25, 0.3) is 0 Å². The van der Waals surface area contributed by atoms with Gasteiger partial charge in [0.05, 0.1) is 4.92 Å². The summed E-state index contributed by atoms with van der Waals surface area (Å²) in [4.78, 5) is 22.4. The van der Waals surface area contributed by atoms with Crippen LogP contribution in [0.2, 0.25) is 0 Å². The number of aromatic nitrogens is 2. The quantitative estimate of drug-likeness (QED) is 0.610. The third-order valence-corrected chi connectivity index (χ3v) is 2.82. The van der Waals surface area contributed by atoms with Crippen LogP contribution in [0.1, 0.15) is 39.4 Å². The van der Waals surface area contributed by atoms with E-state index in [1.807, 2.05) is 20.8 Å². The van der Waals surface area contributed by atoms with E-state index in [1.54, 1.807) is 13.8 Å². The Morgan fingerprint density at radius 1 is 1.45 bits per heavy atom. The fraction of sp³-hybridized carbons (Fsp3) is 0.667. The fourth-order valence-corrected chi connectivity index (χ4v) is 1.86. The minimum atomic E-state index is -0.581. The number of rotatable bonds is 6. The summed E-state index contributed by atoms with van der Waals surface area (Å²) in [5.41, 5.74) is 0.240. The minimum absolute atomic E-state index is 0.0497. The molecular formula is C12H21N5O3. The first kappa shape index (κ1) is 15.9. The van der Waals surface area contributed by atoms with Crippen molar-refractivity contribution in [2.45, 2.75) is 46.7 Å². The van der Waals surface area contributed by atoms with Crippen LogP contribution in [0.3, 0.4) is 0 Å². The lowest BCUT2D eigenvalue weighted by molar-refractivity contribution is -0.384. The zero-order valence-electron chi connectivity index (χ0n) is 12.4.